The van der Waals surface area contributed by atoms with Crippen LogP contribution in [0.5, 0.6) is 0 Å². The Labute approximate surface area is 85.3 Å². The molecule has 12 heavy (non-hydrogen) atoms. The van der Waals surface area contributed by atoms with Gasteiger partial charge in [-0.25, -0.2) is 4.98 Å². The monoisotopic (exact) mass is 243 g/mol. The van der Waals surface area contributed by atoms with Crippen molar-refractivity contribution in [2.75, 3.05) is 5.33 Å². The Hall–Kier alpha value is -0.330. The molecule has 0 radical (unpaired) electrons. The summed E-state index contributed by atoms with van der Waals surface area (Å²) in [5, 5.41) is 1.87. The number of nitrogens with zero attached hydrogens (tertiary/aromatic N) is 1. The molecule has 0 aliphatic heterocycles. The lowest BCUT2D eigenvalue weighted by Crippen LogP contribution is -1.74. The van der Waals surface area contributed by atoms with Crippen LogP contribution in [0.25, 0.3) is 0 Å². The fourth-order valence-corrected chi connectivity index (χ4v) is 1.70. The number of rotatable bonds is 1. The maximum Gasteiger partial charge on any atom is 0.167 e. The van der Waals surface area contributed by atoms with Gasteiger partial charge >= 0.3 is 0 Å². The number of alkyl halides is 1. The summed E-state index contributed by atoms with van der Waals surface area (Å²) in [6.07, 6.45) is 0.887. The van der Waals surface area contributed by atoms with Crippen LogP contribution in [0.1, 0.15) is 22.0 Å². The molecule has 64 valence electrons. The summed E-state index contributed by atoms with van der Waals surface area (Å²) in [5.74, 6) is 6.08. The highest BCUT2D eigenvalue weighted by atomic mass is 79.9. The fraction of sp³-hybridized carbons (Fsp3) is 0.444. The Morgan fingerprint density at radius 2 is 2.25 bits per heavy atom. The highest BCUT2D eigenvalue weighted by molar-refractivity contribution is 9.09. The average molecular weight is 244 g/mol. The van der Waals surface area contributed by atoms with Crippen molar-refractivity contribution in [1.82, 2.24) is 4.98 Å². The normalized spacial score (nSPS) is 9.25. The van der Waals surface area contributed by atoms with E-state index < -0.39 is 0 Å². The summed E-state index contributed by atoms with van der Waals surface area (Å²) in [5.41, 5.74) is 1.10. The van der Waals surface area contributed by atoms with Gasteiger partial charge in [0.1, 0.15) is 0 Å². The topological polar surface area (TPSA) is 12.9 Å². The predicted octanol–water partition coefficient (Wildman–Crippen LogP) is 2.90. The van der Waals surface area contributed by atoms with Gasteiger partial charge in [0, 0.05) is 16.6 Å². The first-order chi connectivity index (χ1) is 5.74. The largest absolute Gasteiger partial charge is 0.233 e. The second-order valence-electron chi connectivity index (χ2n) is 2.40. The Kier molecular flexibility index (Phi) is 3.77. The van der Waals surface area contributed by atoms with Crippen LogP contribution >= 0.6 is 27.3 Å². The average Bonchev–Trinajstić information content (AvgIpc) is 2.32. The first-order valence-corrected chi connectivity index (χ1v) is 5.66. The van der Waals surface area contributed by atoms with Gasteiger partial charge in [-0.3, -0.25) is 0 Å². The molecular formula is C9H10BrNS. The van der Waals surface area contributed by atoms with E-state index in [2.05, 4.69) is 39.7 Å². The lowest BCUT2D eigenvalue weighted by atomic mass is 10.4. The molecule has 1 nitrogen and oxygen atoms in total. The molecule has 1 rings (SSSR count). The molecule has 0 fully saturated rings. The quantitative estimate of drug-likeness (QED) is 0.546. The SMILES string of the molecule is Cc1nc(C#CCCBr)sc1C. The molecule has 3 heteroatoms. The van der Waals surface area contributed by atoms with Gasteiger partial charge in [0.05, 0.1) is 5.69 Å². The standard InChI is InChI=1S/C9H10BrNS/c1-7-8(2)12-9(11-7)5-3-4-6-10/h4,6H2,1-2H3. The summed E-state index contributed by atoms with van der Waals surface area (Å²) >= 11 is 4.99. The molecule has 0 aromatic carbocycles. The third-order valence-corrected chi connectivity index (χ3v) is 2.83. The van der Waals surface area contributed by atoms with Gasteiger partial charge in [-0.15, -0.1) is 11.3 Å². The van der Waals surface area contributed by atoms with E-state index in [0.717, 1.165) is 22.5 Å². The second-order valence-corrected chi connectivity index (χ2v) is 4.40. The summed E-state index contributed by atoms with van der Waals surface area (Å²) in [7, 11) is 0. The molecule has 0 N–H and O–H groups in total. The molecular weight excluding hydrogens is 234 g/mol. The van der Waals surface area contributed by atoms with Crippen molar-refractivity contribution in [3.63, 3.8) is 0 Å². The zero-order chi connectivity index (χ0) is 8.97. The Balaban J connectivity index is 2.72. The molecule has 0 saturated carbocycles. The van der Waals surface area contributed by atoms with Crippen molar-refractivity contribution in [3.8, 4) is 11.8 Å². The highest BCUT2D eigenvalue weighted by Crippen LogP contribution is 2.14. The van der Waals surface area contributed by atoms with Gasteiger partial charge in [-0.1, -0.05) is 21.9 Å². The van der Waals surface area contributed by atoms with Crippen molar-refractivity contribution in [2.24, 2.45) is 0 Å². The smallest absolute Gasteiger partial charge is 0.167 e. The molecule has 0 aliphatic rings. The van der Waals surface area contributed by atoms with Gasteiger partial charge < -0.3 is 0 Å². The Bertz CT molecular complexity index is 300. The number of thiazole rings is 1. The minimum absolute atomic E-state index is 0.887. The van der Waals surface area contributed by atoms with Gasteiger partial charge in [-0.2, -0.15) is 0 Å². The summed E-state index contributed by atoms with van der Waals surface area (Å²) in [6, 6.07) is 0. The summed E-state index contributed by atoms with van der Waals surface area (Å²) in [6.45, 7) is 4.09. The van der Waals surface area contributed by atoms with Gasteiger partial charge in [0.25, 0.3) is 0 Å². The summed E-state index contributed by atoms with van der Waals surface area (Å²) in [4.78, 5) is 5.57. The van der Waals surface area contributed by atoms with Crippen molar-refractivity contribution >= 4 is 27.3 Å². The maximum absolute atomic E-state index is 4.31. The van der Waals surface area contributed by atoms with E-state index in [-0.39, 0.29) is 0 Å². The van der Waals surface area contributed by atoms with Crippen molar-refractivity contribution in [3.05, 3.63) is 15.6 Å². The van der Waals surface area contributed by atoms with Crippen molar-refractivity contribution < 1.29 is 0 Å². The minimum Gasteiger partial charge on any atom is -0.233 e. The van der Waals surface area contributed by atoms with Crippen LogP contribution in [-0.2, 0) is 0 Å². The lowest BCUT2D eigenvalue weighted by Gasteiger charge is -1.77. The maximum atomic E-state index is 4.31. The van der Waals surface area contributed by atoms with Crippen molar-refractivity contribution in [2.45, 2.75) is 20.3 Å². The van der Waals surface area contributed by atoms with Gasteiger partial charge in [0.2, 0.25) is 0 Å². The lowest BCUT2D eigenvalue weighted by molar-refractivity contribution is 1.21. The molecule has 0 unspecified atom stereocenters. The van der Waals surface area contributed by atoms with Crippen LogP contribution in [0.2, 0.25) is 0 Å². The van der Waals surface area contributed by atoms with E-state index in [0.29, 0.717) is 0 Å². The number of aryl methyl sites for hydroxylation is 2. The number of hydrogen-bond acceptors (Lipinski definition) is 2. The molecule has 0 bridgehead atoms. The first kappa shape index (κ1) is 9.76. The molecule has 1 aromatic rings. The second kappa shape index (κ2) is 4.64. The van der Waals surface area contributed by atoms with Gasteiger partial charge in [-0.05, 0) is 19.8 Å². The highest BCUT2D eigenvalue weighted by Gasteiger charge is 1.98. The van der Waals surface area contributed by atoms with Crippen LogP contribution in [0.4, 0.5) is 0 Å². The number of aromatic nitrogens is 1. The third-order valence-electron chi connectivity index (χ3n) is 1.44. The fourth-order valence-electron chi connectivity index (χ4n) is 0.712. The van der Waals surface area contributed by atoms with Crippen LogP contribution in [0, 0.1) is 25.7 Å². The van der Waals surface area contributed by atoms with Crippen molar-refractivity contribution in [1.29, 1.82) is 0 Å². The first-order valence-electron chi connectivity index (χ1n) is 3.73. The van der Waals surface area contributed by atoms with Crippen LogP contribution in [-0.4, -0.2) is 10.3 Å². The predicted molar refractivity (Wildman–Crippen MR) is 56.9 cm³/mol. The minimum atomic E-state index is 0.887. The molecule has 0 spiro atoms. The Morgan fingerprint density at radius 1 is 1.50 bits per heavy atom. The van der Waals surface area contributed by atoms with E-state index in [1.54, 1.807) is 11.3 Å². The number of hydrogen-bond donors (Lipinski definition) is 0. The molecule has 1 aromatic heterocycles. The zero-order valence-corrected chi connectivity index (χ0v) is 9.55. The molecule has 0 atom stereocenters. The molecule has 0 aliphatic carbocycles. The molecule has 0 saturated heterocycles. The van der Waals surface area contributed by atoms with E-state index in [1.807, 2.05) is 6.92 Å². The zero-order valence-electron chi connectivity index (χ0n) is 7.15. The summed E-state index contributed by atoms with van der Waals surface area (Å²) < 4.78 is 0. The number of halogens is 1. The Morgan fingerprint density at radius 3 is 2.75 bits per heavy atom. The van der Waals surface area contributed by atoms with E-state index in [4.69, 9.17) is 0 Å². The van der Waals surface area contributed by atoms with Crippen LogP contribution in [0.3, 0.4) is 0 Å². The third kappa shape index (κ3) is 2.62. The molecule has 0 amide bonds. The van der Waals surface area contributed by atoms with E-state index in [9.17, 15) is 0 Å². The van der Waals surface area contributed by atoms with E-state index in [1.165, 1.54) is 4.88 Å². The van der Waals surface area contributed by atoms with E-state index >= 15 is 0 Å². The van der Waals surface area contributed by atoms with Crippen LogP contribution in [0.15, 0.2) is 0 Å². The van der Waals surface area contributed by atoms with Crippen LogP contribution < -0.4 is 0 Å². The van der Waals surface area contributed by atoms with Gasteiger partial charge in [0.15, 0.2) is 5.01 Å². The molecule has 1 heterocycles.